The number of hydrazine groups is 1. The number of anilines is 1. The molecule has 0 unspecified atom stereocenters. The zero-order valence-corrected chi connectivity index (χ0v) is 11.4. The van der Waals surface area contributed by atoms with E-state index in [0.29, 0.717) is 32.0 Å². The van der Waals surface area contributed by atoms with E-state index in [-0.39, 0.29) is 5.91 Å². The van der Waals surface area contributed by atoms with Crippen molar-refractivity contribution in [2.75, 3.05) is 44.3 Å². The molecule has 0 bridgehead atoms. The van der Waals surface area contributed by atoms with Crippen LogP contribution < -0.4 is 10.3 Å². The fourth-order valence-corrected chi connectivity index (χ4v) is 2.44. The minimum atomic E-state index is -0.215. The van der Waals surface area contributed by atoms with Gasteiger partial charge in [0.05, 0.1) is 13.2 Å². The molecule has 0 radical (unpaired) electrons. The van der Waals surface area contributed by atoms with E-state index in [1.54, 1.807) is 6.07 Å². The molecular weight excluding hydrogens is 258 g/mol. The molecule has 20 heavy (non-hydrogen) atoms. The van der Waals surface area contributed by atoms with Gasteiger partial charge in [-0.1, -0.05) is 0 Å². The maximum atomic E-state index is 12.0. The Balaban J connectivity index is 1.59. The second-order valence-electron chi connectivity index (χ2n) is 5.01. The Kier molecular flexibility index (Phi) is 4.08. The van der Waals surface area contributed by atoms with Gasteiger partial charge in [-0.05, 0) is 25.0 Å². The summed E-state index contributed by atoms with van der Waals surface area (Å²) >= 11 is 0. The van der Waals surface area contributed by atoms with Gasteiger partial charge in [0.15, 0.2) is 11.5 Å². The van der Waals surface area contributed by atoms with Crippen LogP contribution in [-0.4, -0.2) is 60.5 Å². The number of hydrogen-bond acceptors (Lipinski definition) is 6. The molecular formula is C13H19N5O2. The van der Waals surface area contributed by atoms with Crippen LogP contribution in [0.2, 0.25) is 0 Å². The van der Waals surface area contributed by atoms with Crippen LogP contribution in [-0.2, 0) is 4.74 Å². The van der Waals surface area contributed by atoms with Crippen LogP contribution in [0.5, 0.6) is 0 Å². The number of morpholine rings is 1. The van der Waals surface area contributed by atoms with Crippen molar-refractivity contribution in [2.45, 2.75) is 12.8 Å². The van der Waals surface area contributed by atoms with Gasteiger partial charge in [-0.25, -0.2) is 5.01 Å². The van der Waals surface area contributed by atoms with Crippen molar-refractivity contribution in [3.63, 3.8) is 0 Å². The van der Waals surface area contributed by atoms with Gasteiger partial charge in [-0.2, -0.15) is 0 Å². The third-order valence-electron chi connectivity index (χ3n) is 3.58. The zero-order valence-electron chi connectivity index (χ0n) is 11.4. The van der Waals surface area contributed by atoms with Gasteiger partial charge in [-0.15, -0.1) is 10.2 Å². The summed E-state index contributed by atoms with van der Waals surface area (Å²) in [5.41, 5.74) is 3.17. The van der Waals surface area contributed by atoms with Gasteiger partial charge in [0, 0.05) is 26.2 Å². The molecule has 2 saturated heterocycles. The van der Waals surface area contributed by atoms with Gasteiger partial charge in [0.1, 0.15) is 0 Å². The predicted octanol–water partition coefficient (Wildman–Crippen LogP) is 0.0538. The van der Waals surface area contributed by atoms with Crippen molar-refractivity contribution < 1.29 is 9.53 Å². The standard InChI is InChI=1S/C13H19N5O2/c19-13(16-18-7-9-20-10-8-18)11-3-4-12(15-14-11)17-5-1-2-6-17/h3-4H,1-2,5-10H2,(H,16,19). The van der Waals surface area contributed by atoms with Gasteiger partial charge in [0.25, 0.3) is 5.91 Å². The topological polar surface area (TPSA) is 70.6 Å². The third-order valence-corrected chi connectivity index (χ3v) is 3.58. The number of nitrogens with one attached hydrogen (secondary N) is 1. The molecule has 2 aliphatic heterocycles. The third kappa shape index (κ3) is 3.05. The molecule has 0 aliphatic carbocycles. The number of carbonyl (C=O) groups is 1. The molecule has 3 rings (SSSR count). The molecule has 0 spiro atoms. The average Bonchev–Trinajstić information content (AvgIpc) is 3.03. The van der Waals surface area contributed by atoms with Crippen LogP contribution >= 0.6 is 0 Å². The van der Waals surface area contributed by atoms with E-state index in [2.05, 4.69) is 20.5 Å². The number of amides is 1. The first-order valence-electron chi connectivity index (χ1n) is 7.05. The fraction of sp³-hybridized carbons (Fsp3) is 0.615. The first-order chi connectivity index (χ1) is 9.83. The number of carbonyl (C=O) groups excluding carboxylic acids is 1. The molecule has 1 N–H and O–H groups in total. The normalized spacial score (nSPS) is 20.1. The quantitative estimate of drug-likeness (QED) is 0.842. The van der Waals surface area contributed by atoms with Crippen molar-refractivity contribution in [3.05, 3.63) is 17.8 Å². The lowest BCUT2D eigenvalue weighted by Gasteiger charge is -2.26. The molecule has 7 nitrogen and oxygen atoms in total. The smallest absolute Gasteiger partial charge is 0.286 e. The summed E-state index contributed by atoms with van der Waals surface area (Å²) in [6.07, 6.45) is 2.39. The first kappa shape index (κ1) is 13.3. The minimum Gasteiger partial charge on any atom is -0.379 e. The van der Waals surface area contributed by atoms with Crippen LogP contribution in [0.3, 0.4) is 0 Å². The summed E-state index contributed by atoms with van der Waals surface area (Å²) in [5, 5.41) is 10.0. The van der Waals surface area contributed by atoms with E-state index in [9.17, 15) is 4.79 Å². The van der Waals surface area contributed by atoms with Crippen molar-refractivity contribution in [1.29, 1.82) is 0 Å². The lowest BCUT2D eigenvalue weighted by molar-refractivity contribution is 0.0124. The van der Waals surface area contributed by atoms with Crippen molar-refractivity contribution >= 4 is 11.7 Å². The van der Waals surface area contributed by atoms with E-state index < -0.39 is 0 Å². The molecule has 1 aromatic heterocycles. The summed E-state index contributed by atoms with van der Waals surface area (Å²) in [4.78, 5) is 14.2. The van der Waals surface area contributed by atoms with Gasteiger partial charge in [-0.3, -0.25) is 10.2 Å². The number of aromatic nitrogens is 2. The van der Waals surface area contributed by atoms with Crippen LogP contribution in [0, 0.1) is 0 Å². The first-order valence-corrected chi connectivity index (χ1v) is 7.05. The Hall–Kier alpha value is -1.73. The molecule has 2 aliphatic rings. The summed E-state index contributed by atoms with van der Waals surface area (Å²) < 4.78 is 5.23. The summed E-state index contributed by atoms with van der Waals surface area (Å²) in [7, 11) is 0. The Labute approximate surface area is 117 Å². The second kappa shape index (κ2) is 6.15. The van der Waals surface area contributed by atoms with Gasteiger partial charge in [0.2, 0.25) is 0 Å². The molecule has 0 aromatic carbocycles. The number of hydrogen-bond donors (Lipinski definition) is 1. The van der Waals surface area contributed by atoms with E-state index in [1.807, 2.05) is 11.1 Å². The lowest BCUT2D eigenvalue weighted by Crippen LogP contribution is -2.48. The Morgan fingerprint density at radius 1 is 1.10 bits per heavy atom. The summed E-state index contributed by atoms with van der Waals surface area (Å²) in [5.74, 6) is 0.637. The molecule has 3 heterocycles. The Morgan fingerprint density at radius 2 is 1.85 bits per heavy atom. The van der Waals surface area contributed by atoms with Crippen molar-refractivity contribution in [1.82, 2.24) is 20.6 Å². The van der Waals surface area contributed by atoms with Crippen LogP contribution in [0.15, 0.2) is 12.1 Å². The Morgan fingerprint density at radius 3 is 2.50 bits per heavy atom. The molecule has 0 atom stereocenters. The van der Waals surface area contributed by atoms with Gasteiger partial charge < -0.3 is 9.64 Å². The Bertz CT molecular complexity index is 452. The van der Waals surface area contributed by atoms with E-state index in [4.69, 9.17) is 4.74 Å². The largest absolute Gasteiger partial charge is 0.379 e. The van der Waals surface area contributed by atoms with E-state index in [1.165, 1.54) is 12.8 Å². The number of nitrogens with zero attached hydrogens (tertiary/aromatic N) is 4. The highest BCUT2D eigenvalue weighted by atomic mass is 16.5. The fourth-order valence-electron chi connectivity index (χ4n) is 2.44. The van der Waals surface area contributed by atoms with E-state index >= 15 is 0 Å². The highest BCUT2D eigenvalue weighted by molar-refractivity contribution is 5.91. The van der Waals surface area contributed by atoms with Crippen LogP contribution in [0.25, 0.3) is 0 Å². The molecule has 2 fully saturated rings. The number of ether oxygens (including phenoxy) is 1. The van der Waals surface area contributed by atoms with Gasteiger partial charge >= 0.3 is 0 Å². The molecule has 1 amide bonds. The van der Waals surface area contributed by atoms with Crippen molar-refractivity contribution in [3.8, 4) is 0 Å². The molecule has 1 aromatic rings. The maximum Gasteiger partial charge on any atom is 0.286 e. The highest BCUT2D eigenvalue weighted by Gasteiger charge is 2.17. The zero-order chi connectivity index (χ0) is 13.8. The number of rotatable bonds is 3. The minimum absolute atomic E-state index is 0.215. The van der Waals surface area contributed by atoms with Crippen LogP contribution in [0.4, 0.5) is 5.82 Å². The monoisotopic (exact) mass is 277 g/mol. The van der Waals surface area contributed by atoms with E-state index in [0.717, 1.165) is 18.9 Å². The SMILES string of the molecule is O=C(NN1CCOCC1)c1ccc(N2CCCC2)nn1. The summed E-state index contributed by atoms with van der Waals surface area (Å²) in [6.45, 7) is 4.72. The lowest BCUT2D eigenvalue weighted by atomic mass is 10.3. The van der Waals surface area contributed by atoms with Crippen LogP contribution in [0.1, 0.15) is 23.3 Å². The molecule has 0 saturated carbocycles. The van der Waals surface area contributed by atoms with Crippen molar-refractivity contribution in [2.24, 2.45) is 0 Å². The maximum absolute atomic E-state index is 12.0. The predicted molar refractivity (Wildman–Crippen MR) is 73.3 cm³/mol. The second-order valence-corrected chi connectivity index (χ2v) is 5.01. The average molecular weight is 277 g/mol. The molecule has 108 valence electrons. The highest BCUT2D eigenvalue weighted by Crippen LogP contribution is 2.16. The summed E-state index contributed by atoms with van der Waals surface area (Å²) in [6, 6.07) is 3.60. The molecule has 7 heteroatoms.